The number of hydrogen-bond donors (Lipinski definition) is 1. The van der Waals surface area contributed by atoms with Crippen LogP contribution in [0.3, 0.4) is 0 Å². The van der Waals surface area contributed by atoms with Gasteiger partial charge in [-0.2, -0.15) is 0 Å². The largest absolute Gasteiger partial charge is 0.379 e. The van der Waals surface area contributed by atoms with E-state index in [0.717, 1.165) is 64.7 Å². The van der Waals surface area contributed by atoms with Gasteiger partial charge in [0.05, 0.1) is 18.9 Å². The second kappa shape index (κ2) is 8.50. The number of morpholine rings is 1. The quantitative estimate of drug-likeness (QED) is 0.668. The van der Waals surface area contributed by atoms with Crippen molar-refractivity contribution in [2.75, 3.05) is 64.4 Å². The summed E-state index contributed by atoms with van der Waals surface area (Å²) in [5.74, 6) is 0.633. The summed E-state index contributed by atoms with van der Waals surface area (Å²) in [7, 11) is 2.20. The van der Waals surface area contributed by atoms with Crippen molar-refractivity contribution >= 4 is 16.6 Å². The van der Waals surface area contributed by atoms with Crippen molar-refractivity contribution in [3.63, 3.8) is 0 Å². The maximum absolute atomic E-state index is 5.51. The van der Waals surface area contributed by atoms with E-state index in [-0.39, 0.29) is 0 Å². The molecular weight excluding hydrogens is 398 g/mol. The first-order valence-electron chi connectivity index (χ1n) is 12.1. The first kappa shape index (κ1) is 20.2. The third kappa shape index (κ3) is 4.15. The summed E-state index contributed by atoms with van der Waals surface area (Å²) in [6.07, 6.45) is 2.53. The molecule has 0 radical (unpaired) electrons. The number of aromatic nitrogens is 2. The molecule has 168 valence electrons. The Hall–Kier alpha value is -2.41. The van der Waals surface area contributed by atoms with Crippen LogP contribution in [-0.4, -0.2) is 79.3 Å². The van der Waals surface area contributed by atoms with Gasteiger partial charge in [-0.1, -0.05) is 12.1 Å². The van der Waals surface area contributed by atoms with E-state index < -0.39 is 0 Å². The number of anilines is 1. The number of rotatable bonds is 5. The van der Waals surface area contributed by atoms with Gasteiger partial charge in [0, 0.05) is 85.3 Å². The van der Waals surface area contributed by atoms with E-state index >= 15 is 0 Å². The van der Waals surface area contributed by atoms with Gasteiger partial charge in [-0.3, -0.25) is 9.88 Å². The third-order valence-electron chi connectivity index (χ3n) is 7.19. The number of nitrogens with one attached hydrogen (secondary N) is 1. The third-order valence-corrected chi connectivity index (χ3v) is 7.19. The zero-order valence-electron chi connectivity index (χ0n) is 19.0. The Labute approximate surface area is 190 Å². The lowest BCUT2D eigenvalue weighted by Gasteiger charge is -2.34. The van der Waals surface area contributed by atoms with Crippen molar-refractivity contribution in [1.82, 2.24) is 19.8 Å². The van der Waals surface area contributed by atoms with Crippen molar-refractivity contribution in [2.24, 2.45) is 0 Å². The van der Waals surface area contributed by atoms with Crippen molar-refractivity contribution in [2.45, 2.75) is 25.3 Å². The van der Waals surface area contributed by atoms with Crippen molar-refractivity contribution in [3.05, 3.63) is 47.8 Å². The summed E-state index contributed by atoms with van der Waals surface area (Å²) >= 11 is 0. The first-order chi connectivity index (χ1) is 15.7. The number of ether oxygens (including phenoxy) is 1. The average molecular weight is 432 g/mol. The Balaban J connectivity index is 1.31. The Morgan fingerprint density at radius 2 is 1.72 bits per heavy atom. The minimum absolute atomic E-state index is 0.633. The molecule has 3 fully saturated rings. The lowest BCUT2D eigenvalue weighted by molar-refractivity contribution is 0.0337. The molecule has 4 heterocycles. The van der Waals surface area contributed by atoms with Crippen LogP contribution in [0.4, 0.5) is 5.69 Å². The number of benzene rings is 1. The minimum Gasteiger partial charge on any atom is -0.379 e. The molecule has 2 aliphatic heterocycles. The molecule has 0 unspecified atom stereocenters. The Morgan fingerprint density at radius 1 is 0.969 bits per heavy atom. The van der Waals surface area contributed by atoms with E-state index in [2.05, 4.69) is 63.1 Å². The minimum atomic E-state index is 0.633. The molecule has 1 N–H and O–H groups in total. The summed E-state index contributed by atoms with van der Waals surface area (Å²) in [6.45, 7) is 9.06. The molecular formula is C26H33N5O. The predicted octanol–water partition coefficient (Wildman–Crippen LogP) is 3.69. The topological polar surface area (TPSA) is 47.6 Å². The van der Waals surface area contributed by atoms with Crippen molar-refractivity contribution in [3.8, 4) is 11.3 Å². The van der Waals surface area contributed by atoms with Gasteiger partial charge in [0.1, 0.15) is 0 Å². The highest BCUT2D eigenvalue weighted by Gasteiger charge is 2.27. The molecule has 6 heteroatoms. The van der Waals surface area contributed by atoms with Crippen LogP contribution in [0.2, 0.25) is 0 Å². The van der Waals surface area contributed by atoms with Crippen LogP contribution in [-0.2, 0) is 11.3 Å². The molecule has 3 aliphatic rings. The molecule has 2 saturated heterocycles. The molecule has 0 amide bonds. The van der Waals surface area contributed by atoms with Gasteiger partial charge in [0.25, 0.3) is 0 Å². The van der Waals surface area contributed by atoms with Crippen LogP contribution in [0, 0.1) is 0 Å². The highest BCUT2D eigenvalue weighted by Crippen LogP contribution is 2.41. The molecule has 2 aromatic heterocycles. The van der Waals surface area contributed by atoms with Gasteiger partial charge in [-0.15, -0.1) is 0 Å². The molecule has 0 atom stereocenters. The molecule has 6 rings (SSSR count). The van der Waals surface area contributed by atoms with Crippen molar-refractivity contribution < 1.29 is 4.74 Å². The van der Waals surface area contributed by atoms with E-state index in [9.17, 15) is 0 Å². The summed E-state index contributed by atoms with van der Waals surface area (Å²) in [6, 6.07) is 13.7. The molecule has 1 aromatic carbocycles. The van der Waals surface area contributed by atoms with Crippen LogP contribution in [0.25, 0.3) is 22.2 Å². The number of nitrogens with zero attached hydrogens (tertiary/aromatic N) is 4. The molecule has 32 heavy (non-hydrogen) atoms. The zero-order chi connectivity index (χ0) is 21.5. The SMILES string of the molecule is CN1CCN(c2ccc(-c3nc(C4CC4)cc4[nH]c(CN5CCOCC5)cc34)cc2)CC1. The number of pyridine rings is 1. The second-order valence-corrected chi connectivity index (χ2v) is 9.65. The average Bonchev–Trinajstić information content (AvgIpc) is 3.60. The van der Waals surface area contributed by atoms with Crippen LogP contribution >= 0.6 is 0 Å². The molecule has 1 saturated carbocycles. The van der Waals surface area contributed by atoms with Crippen LogP contribution in [0.5, 0.6) is 0 Å². The Kier molecular flexibility index (Phi) is 5.37. The molecule has 1 aliphatic carbocycles. The molecule has 6 nitrogen and oxygen atoms in total. The summed E-state index contributed by atoms with van der Waals surface area (Å²) in [4.78, 5) is 16.2. The van der Waals surface area contributed by atoms with E-state index in [1.54, 1.807) is 0 Å². The van der Waals surface area contributed by atoms with Gasteiger partial charge in [-0.25, -0.2) is 0 Å². The predicted molar refractivity (Wildman–Crippen MR) is 129 cm³/mol. The maximum atomic E-state index is 5.51. The number of hydrogen-bond acceptors (Lipinski definition) is 5. The van der Waals surface area contributed by atoms with Gasteiger partial charge in [0.2, 0.25) is 0 Å². The number of likely N-dealkylation sites (N-methyl/N-ethyl adjacent to an activating group) is 1. The monoisotopic (exact) mass is 431 g/mol. The Bertz CT molecular complexity index is 1070. The maximum Gasteiger partial charge on any atom is 0.0799 e. The van der Waals surface area contributed by atoms with Crippen LogP contribution < -0.4 is 4.90 Å². The van der Waals surface area contributed by atoms with Crippen LogP contribution in [0.1, 0.15) is 30.1 Å². The van der Waals surface area contributed by atoms with Crippen molar-refractivity contribution in [1.29, 1.82) is 0 Å². The number of piperazine rings is 1. The highest BCUT2D eigenvalue weighted by atomic mass is 16.5. The fraction of sp³-hybridized carbons (Fsp3) is 0.500. The van der Waals surface area contributed by atoms with Gasteiger partial charge in [-0.05, 0) is 44.2 Å². The van der Waals surface area contributed by atoms with E-state index in [1.807, 2.05) is 0 Å². The van der Waals surface area contributed by atoms with Gasteiger partial charge < -0.3 is 19.5 Å². The standard InChI is InChI=1S/C26H33N5O/c1-29-8-10-31(11-9-29)22-6-4-20(5-7-22)26-23-16-21(18-30-12-14-32-15-13-30)27-25(23)17-24(28-26)19-2-3-19/h4-7,16-17,19,27H,2-3,8-15,18H2,1H3. The lowest BCUT2D eigenvalue weighted by atomic mass is 10.0. The number of aromatic amines is 1. The van der Waals surface area contributed by atoms with E-state index in [1.165, 1.54) is 46.4 Å². The normalized spacial score (nSPS) is 20.8. The summed E-state index contributed by atoms with van der Waals surface area (Å²) in [5.41, 5.74) is 7.40. The fourth-order valence-electron chi connectivity index (χ4n) is 5.00. The lowest BCUT2D eigenvalue weighted by Crippen LogP contribution is -2.44. The second-order valence-electron chi connectivity index (χ2n) is 9.65. The number of fused-ring (bicyclic) bond motifs is 1. The van der Waals surface area contributed by atoms with Gasteiger partial charge >= 0.3 is 0 Å². The van der Waals surface area contributed by atoms with E-state index in [4.69, 9.17) is 9.72 Å². The first-order valence-corrected chi connectivity index (χ1v) is 12.1. The molecule has 3 aromatic rings. The summed E-state index contributed by atoms with van der Waals surface area (Å²) in [5, 5.41) is 1.24. The Morgan fingerprint density at radius 3 is 2.44 bits per heavy atom. The summed E-state index contributed by atoms with van der Waals surface area (Å²) < 4.78 is 5.51. The molecule has 0 spiro atoms. The zero-order valence-corrected chi connectivity index (χ0v) is 19.0. The smallest absolute Gasteiger partial charge is 0.0799 e. The van der Waals surface area contributed by atoms with Gasteiger partial charge in [0.15, 0.2) is 0 Å². The highest BCUT2D eigenvalue weighted by molar-refractivity contribution is 5.94. The van der Waals surface area contributed by atoms with Crippen LogP contribution in [0.15, 0.2) is 36.4 Å². The number of H-pyrrole nitrogens is 1. The molecule has 0 bridgehead atoms. The fourth-order valence-corrected chi connectivity index (χ4v) is 5.00. The van der Waals surface area contributed by atoms with E-state index in [0.29, 0.717) is 5.92 Å².